The highest BCUT2D eigenvalue weighted by atomic mass is 32.1. The lowest BCUT2D eigenvalue weighted by atomic mass is 10.0. The van der Waals surface area contributed by atoms with Gasteiger partial charge in [-0.15, -0.1) is 0 Å². The SMILES string of the molecule is CC1=C(C(=O)Nc2ccccc2)C(c2ccco2)N=C(Nc2nc3ccccc3s2)N1. The van der Waals surface area contributed by atoms with Gasteiger partial charge in [0.2, 0.25) is 5.96 Å². The molecule has 3 heterocycles. The minimum absolute atomic E-state index is 0.236. The number of amides is 1. The first-order valence-electron chi connectivity index (χ1n) is 9.75. The number of carbonyl (C=O) groups excluding carboxylic acids is 1. The summed E-state index contributed by atoms with van der Waals surface area (Å²) < 4.78 is 6.69. The second kappa shape index (κ2) is 8.08. The van der Waals surface area contributed by atoms with Gasteiger partial charge in [-0.2, -0.15) is 0 Å². The highest BCUT2D eigenvalue weighted by Crippen LogP contribution is 2.32. The monoisotopic (exact) mass is 429 g/mol. The summed E-state index contributed by atoms with van der Waals surface area (Å²) in [6.07, 6.45) is 1.58. The molecule has 2 aromatic heterocycles. The number of aromatic nitrogens is 1. The summed E-state index contributed by atoms with van der Waals surface area (Å²) in [4.78, 5) is 22.4. The third-order valence-corrected chi connectivity index (χ3v) is 5.80. The Kier molecular flexibility index (Phi) is 4.97. The number of allylic oxidation sites excluding steroid dienone is 1. The van der Waals surface area contributed by atoms with Crippen LogP contribution >= 0.6 is 11.3 Å². The molecular weight excluding hydrogens is 410 g/mol. The minimum Gasteiger partial charge on any atom is -0.467 e. The Bertz CT molecular complexity index is 1260. The Hall–Kier alpha value is -3.91. The normalized spacial score (nSPS) is 16.0. The van der Waals surface area contributed by atoms with Crippen LogP contribution in [0.4, 0.5) is 10.8 Å². The lowest BCUT2D eigenvalue weighted by Gasteiger charge is -2.25. The largest absolute Gasteiger partial charge is 0.467 e. The molecule has 1 aliphatic heterocycles. The van der Waals surface area contributed by atoms with Crippen LogP contribution in [0, 0.1) is 0 Å². The van der Waals surface area contributed by atoms with Gasteiger partial charge in [0.15, 0.2) is 5.13 Å². The van der Waals surface area contributed by atoms with Gasteiger partial charge in [0.05, 0.1) is 22.1 Å². The van der Waals surface area contributed by atoms with Crippen LogP contribution in [-0.4, -0.2) is 16.9 Å². The molecule has 154 valence electrons. The maximum absolute atomic E-state index is 13.1. The molecule has 3 N–H and O–H groups in total. The molecule has 1 aliphatic rings. The average Bonchev–Trinajstić information content (AvgIpc) is 3.43. The Morgan fingerprint density at radius 2 is 1.87 bits per heavy atom. The molecule has 0 radical (unpaired) electrons. The van der Waals surface area contributed by atoms with Gasteiger partial charge in [0.1, 0.15) is 11.8 Å². The zero-order valence-corrected chi connectivity index (χ0v) is 17.4. The Balaban J connectivity index is 1.45. The minimum atomic E-state index is -0.586. The summed E-state index contributed by atoms with van der Waals surface area (Å²) in [7, 11) is 0. The molecular formula is C23H19N5O2S. The summed E-state index contributed by atoms with van der Waals surface area (Å²) >= 11 is 1.54. The van der Waals surface area contributed by atoms with Crippen LogP contribution in [0.25, 0.3) is 10.2 Å². The first-order valence-corrected chi connectivity index (χ1v) is 10.6. The number of guanidine groups is 1. The van der Waals surface area contributed by atoms with Crippen molar-refractivity contribution in [3.05, 3.63) is 90.0 Å². The van der Waals surface area contributed by atoms with Crippen molar-refractivity contribution in [1.29, 1.82) is 0 Å². The summed E-state index contributed by atoms with van der Waals surface area (Å²) in [6, 6.07) is 20.3. The molecule has 8 heteroatoms. The number of carbonyl (C=O) groups is 1. The number of benzene rings is 2. The molecule has 31 heavy (non-hydrogen) atoms. The lowest BCUT2D eigenvalue weighted by Crippen LogP contribution is -2.37. The molecule has 4 aromatic rings. The number of aliphatic imine (C=N–C) groups is 1. The second-order valence-electron chi connectivity index (χ2n) is 6.99. The van der Waals surface area contributed by atoms with Crippen molar-refractivity contribution in [2.75, 3.05) is 10.6 Å². The van der Waals surface area contributed by atoms with E-state index in [4.69, 9.17) is 9.41 Å². The number of thiazole rings is 1. The van der Waals surface area contributed by atoms with E-state index in [1.54, 1.807) is 12.3 Å². The quantitative estimate of drug-likeness (QED) is 0.429. The number of nitrogens with zero attached hydrogens (tertiary/aromatic N) is 2. The zero-order valence-electron chi connectivity index (χ0n) is 16.6. The smallest absolute Gasteiger partial charge is 0.256 e. The number of nitrogens with one attached hydrogen (secondary N) is 3. The van der Waals surface area contributed by atoms with Crippen LogP contribution in [0.15, 0.2) is 93.7 Å². The van der Waals surface area contributed by atoms with Gasteiger partial charge in [-0.05, 0) is 43.3 Å². The van der Waals surface area contributed by atoms with Crippen LogP contribution in [0.3, 0.4) is 0 Å². The summed E-state index contributed by atoms with van der Waals surface area (Å²) in [5.74, 6) is 0.859. The van der Waals surface area contributed by atoms with Gasteiger partial charge in [-0.25, -0.2) is 9.98 Å². The maximum Gasteiger partial charge on any atom is 0.256 e. The first-order chi connectivity index (χ1) is 15.2. The summed E-state index contributed by atoms with van der Waals surface area (Å²) in [5.41, 5.74) is 2.82. The lowest BCUT2D eigenvalue weighted by molar-refractivity contribution is -0.113. The molecule has 0 spiro atoms. The van der Waals surface area contributed by atoms with Gasteiger partial charge in [0, 0.05) is 11.4 Å². The Morgan fingerprint density at radius 1 is 1.06 bits per heavy atom. The van der Waals surface area contributed by atoms with Crippen LogP contribution in [0.1, 0.15) is 18.7 Å². The molecule has 1 unspecified atom stereocenters. The van der Waals surface area contributed by atoms with E-state index >= 15 is 0 Å². The highest BCUT2D eigenvalue weighted by Gasteiger charge is 2.31. The number of fused-ring (bicyclic) bond motifs is 1. The number of rotatable bonds is 4. The molecule has 1 atom stereocenters. The van der Waals surface area contributed by atoms with Gasteiger partial charge < -0.3 is 20.4 Å². The van der Waals surface area contributed by atoms with Crippen molar-refractivity contribution in [3.8, 4) is 0 Å². The average molecular weight is 430 g/mol. The number of para-hydroxylation sites is 2. The molecule has 2 aromatic carbocycles. The van der Waals surface area contributed by atoms with E-state index in [9.17, 15) is 4.79 Å². The van der Waals surface area contributed by atoms with Crippen molar-refractivity contribution >= 4 is 44.2 Å². The predicted molar refractivity (Wildman–Crippen MR) is 123 cm³/mol. The van der Waals surface area contributed by atoms with Gasteiger partial charge in [-0.3, -0.25) is 4.79 Å². The summed E-state index contributed by atoms with van der Waals surface area (Å²) in [6.45, 7) is 1.85. The van der Waals surface area contributed by atoms with Gasteiger partial charge >= 0.3 is 0 Å². The third kappa shape index (κ3) is 3.93. The fourth-order valence-electron chi connectivity index (χ4n) is 3.43. The van der Waals surface area contributed by atoms with E-state index < -0.39 is 6.04 Å². The highest BCUT2D eigenvalue weighted by molar-refractivity contribution is 7.22. The van der Waals surface area contributed by atoms with Crippen molar-refractivity contribution in [2.24, 2.45) is 4.99 Å². The Morgan fingerprint density at radius 3 is 2.65 bits per heavy atom. The van der Waals surface area contributed by atoms with Crippen molar-refractivity contribution in [3.63, 3.8) is 0 Å². The van der Waals surface area contributed by atoms with Crippen LogP contribution < -0.4 is 16.0 Å². The molecule has 0 saturated heterocycles. The number of hydrogen-bond donors (Lipinski definition) is 3. The van der Waals surface area contributed by atoms with Crippen LogP contribution in [0.2, 0.25) is 0 Å². The molecule has 1 amide bonds. The van der Waals surface area contributed by atoms with E-state index in [1.807, 2.05) is 67.6 Å². The molecule has 0 saturated carbocycles. The Labute approximate surface area is 182 Å². The van der Waals surface area contributed by atoms with Crippen molar-refractivity contribution in [2.45, 2.75) is 13.0 Å². The first kappa shape index (κ1) is 19.1. The molecule has 0 bridgehead atoms. The topological polar surface area (TPSA) is 91.5 Å². The van der Waals surface area contributed by atoms with E-state index in [-0.39, 0.29) is 5.91 Å². The standard InChI is InChI=1S/C23H19N5O2S/c1-14-19(21(29)25-15-8-3-2-4-9-15)20(17-11-7-13-30-17)27-22(24-14)28-23-26-16-10-5-6-12-18(16)31-23/h2-13,20H,1H3,(H,25,29)(H2,24,26,27,28). The fourth-order valence-corrected chi connectivity index (χ4v) is 4.30. The van der Waals surface area contributed by atoms with E-state index in [2.05, 4.69) is 20.9 Å². The van der Waals surface area contributed by atoms with Crippen LogP contribution in [0.5, 0.6) is 0 Å². The number of furan rings is 1. The van der Waals surface area contributed by atoms with Gasteiger partial charge in [-0.1, -0.05) is 41.7 Å². The van der Waals surface area contributed by atoms with Crippen LogP contribution in [-0.2, 0) is 4.79 Å². The van der Waals surface area contributed by atoms with Crippen molar-refractivity contribution in [1.82, 2.24) is 10.3 Å². The second-order valence-corrected chi connectivity index (χ2v) is 8.02. The zero-order chi connectivity index (χ0) is 21.2. The number of hydrogen-bond acceptors (Lipinski definition) is 7. The molecule has 0 fully saturated rings. The summed E-state index contributed by atoms with van der Waals surface area (Å²) in [5, 5.41) is 10.1. The van der Waals surface area contributed by atoms with Gasteiger partial charge in [0.25, 0.3) is 5.91 Å². The predicted octanol–water partition coefficient (Wildman–Crippen LogP) is 4.91. The molecule has 7 nitrogen and oxygen atoms in total. The van der Waals surface area contributed by atoms with Crippen molar-refractivity contribution < 1.29 is 9.21 Å². The molecule has 5 rings (SSSR count). The fraction of sp³-hybridized carbons (Fsp3) is 0.0870. The van der Waals surface area contributed by atoms with E-state index in [0.29, 0.717) is 28.7 Å². The maximum atomic E-state index is 13.1. The van der Waals surface area contributed by atoms with E-state index in [1.165, 1.54) is 11.3 Å². The molecule has 0 aliphatic carbocycles. The number of anilines is 2. The van der Waals surface area contributed by atoms with E-state index in [0.717, 1.165) is 15.3 Å². The third-order valence-electron chi connectivity index (χ3n) is 4.85.